The van der Waals surface area contributed by atoms with Crippen LogP contribution in [0.15, 0.2) is 0 Å². The van der Waals surface area contributed by atoms with Gasteiger partial charge in [0.15, 0.2) is 0 Å². The fourth-order valence-electron chi connectivity index (χ4n) is 0. The molecule has 0 aliphatic rings. The number of hydrogen-bond acceptors (Lipinski definition) is 0. The summed E-state index contributed by atoms with van der Waals surface area (Å²) in [6.07, 6.45) is 0. The van der Waals surface area contributed by atoms with E-state index >= 15 is 0 Å². The molecule has 0 atom stereocenters. The van der Waals surface area contributed by atoms with Gasteiger partial charge in [-0.3, -0.25) is 0 Å². The second-order valence-electron chi connectivity index (χ2n) is 3.25. The van der Waals surface area contributed by atoms with Gasteiger partial charge in [-0.2, -0.15) is 19.3 Å². The normalized spacial score (nSPS) is 10.0. The fraction of sp³-hybridized carbons (Fsp3) is 0.857. The van der Waals surface area contributed by atoms with Crippen LogP contribution in [0.2, 0.25) is 0 Å². The molecule has 0 aromatic carbocycles. The summed E-state index contributed by atoms with van der Waals surface area (Å²) >= 11 is 0. The van der Waals surface area contributed by atoms with Crippen molar-refractivity contribution >= 4 is 23.1 Å². The van der Waals surface area contributed by atoms with Gasteiger partial charge in [0.1, 0.15) is 0 Å². The molecule has 9 heavy (non-hydrogen) atoms. The van der Waals surface area contributed by atoms with Crippen molar-refractivity contribution in [3.8, 4) is 0 Å². The predicted octanol–water partition coefficient (Wildman–Crippen LogP) is -0.730. The van der Waals surface area contributed by atoms with Crippen molar-refractivity contribution in [1.82, 2.24) is 0 Å². The van der Waals surface area contributed by atoms with E-state index in [1.807, 2.05) is 0 Å². The summed E-state index contributed by atoms with van der Waals surface area (Å²) in [5.74, 6) is 1.49. The molecule has 0 nitrogen and oxygen atoms in total. The standard InChI is InChI=1S/C7H15.HI.Mg/c1-6(2)7(3,4)5;;/h1-5H3;1H;/q-1;;+2/p-1. The minimum absolute atomic E-state index is 0. The molecule has 0 N–H and O–H groups in total. The molecular formula is C7H15IMg. The van der Waals surface area contributed by atoms with Gasteiger partial charge >= 0.3 is 23.1 Å². The van der Waals surface area contributed by atoms with Crippen LogP contribution in [0.25, 0.3) is 0 Å². The molecule has 0 spiro atoms. The van der Waals surface area contributed by atoms with E-state index in [0.717, 1.165) is 0 Å². The van der Waals surface area contributed by atoms with Crippen LogP contribution < -0.4 is 24.0 Å². The van der Waals surface area contributed by atoms with E-state index in [-0.39, 0.29) is 47.0 Å². The first-order valence-electron chi connectivity index (χ1n) is 2.75. The zero-order valence-corrected chi connectivity index (χ0v) is 10.7. The molecule has 0 radical (unpaired) electrons. The van der Waals surface area contributed by atoms with Crippen molar-refractivity contribution in [2.75, 3.05) is 0 Å². The molecule has 0 aliphatic heterocycles. The van der Waals surface area contributed by atoms with Crippen LogP contribution in [0.1, 0.15) is 34.6 Å². The van der Waals surface area contributed by atoms with E-state index in [9.17, 15) is 0 Å². The van der Waals surface area contributed by atoms with E-state index in [1.165, 1.54) is 5.92 Å². The smallest absolute Gasteiger partial charge is 1.00 e. The Morgan fingerprint density at radius 1 is 1.00 bits per heavy atom. The third-order valence-electron chi connectivity index (χ3n) is 1.50. The first kappa shape index (κ1) is 16.8. The van der Waals surface area contributed by atoms with Gasteiger partial charge < -0.3 is 29.9 Å². The maximum absolute atomic E-state index is 2.22. The summed E-state index contributed by atoms with van der Waals surface area (Å²) in [4.78, 5) is 0. The van der Waals surface area contributed by atoms with Crippen LogP contribution in [0.3, 0.4) is 0 Å². The van der Waals surface area contributed by atoms with Gasteiger partial charge in [-0.25, -0.2) is 0 Å². The van der Waals surface area contributed by atoms with E-state index in [2.05, 4.69) is 34.6 Å². The Balaban J connectivity index is -0.000000180. The third kappa shape index (κ3) is 9.50. The molecule has 2 heteroatoms. The summed E-state index contributed by atoms with van der Waals surface area (Å²) in [6.45, 7) is 11.0. The van der Waals surface area contributed by atoms with Gasteiger partial charge in [0.2, 0.25) is 0 Å². The summed E-state index contributed by atoms with van der Waals surface area (Å²) in [5.41, 5.74) is 0.417. The van der Waals surface area contributed by atoms with E-state index < -0.39 is 0 Å². The summed E-state index contributed by atoms with van der Waals surface area (Å²) in [5, 5.41) is 0. The first-order chi connectivity index (χ1) is 2.94. The van der Waals surface area contributed by atoms with Crippen molar-refractivity contribution in [2.24, 2.45) is 5.41 Å². The second kappa shape index (κ2) is 6.22. The molecule has 0 saturated heterocycles. The van der Waals surface area contributed by atoms with Crippen molar-refractivity contribution < 1.29 is 24.0 Å². The SMILES string of the molecule is C[C-](C)C(C)(C)C.[I-].[Mg+2]. The third-order valence-corrected chi connectivity index (χ3v) is 1.50. The molecule has 52 valence electrons. The zero-order valence-electron chi connectivity index (χ0n) is 7.09. The van der Waals surface area contributed by atoms with Crippen LogP contribution in [0, 0.1) is 11.3 Å². The van der Waals surface area contributed by atoms with Crippen molar-refractivity contribution in [2.45, 2.75) is 34.6 Å². The van der Waals surface area contributed by atoms with Gasteiger partial charge in [-0.1, -0.05) is 20.8 Å². The molecule has 0 fully saturated rings. The summed E-state index contributed by atoms with van der Waals surface area (Å²) in [7, 11) is 0. The number of hydrogen-bond donors (Lipinski definition) is 0. The number of halogens is 1. The Kier molecular flexibility index (Phi) is 11.6. The summed E-state index contributed by atoms with van der Waals surface area (Å²) < 4.78 is 0. The van der Waals surface area contributed by atoms with Crippen LogP contribution in [-0.4, -0.2) is 23.1 Å². The monoisotopic (exact) mass is 250 g/mol. The maximum atomic E-state index is 2.22. The molecule has 0 rings (SSSR count). The molecule has 0 heterocycles. The van der Waals surface area contributed by atoms with Gasteiger partial charge in [0.05, 0.1) is 0 Å². The predicted molar refractivity (Wildman–Crippen MR) is 39.8 cm³/mol. The number of rotatable bonds is 0. The fourth-order valence-corrected chi connectivity index (χ4v) is 0. The van der Waals surface area contributed by atoms with E-state index in [1.54, 1.807) is 0 Å². The Bertz CT molecular complexity index is 54.4. The van der Waals surface area contributed by atoms with E-state index in [0.29, 0.717) is 5.41 Å². The second-order valence-corrected chi connectivity index (χ2v) is 3.25. The average molecular weight is 250 g/mol. The zero-order chi connectivity index (χ0) is 6.08. The van der Waals surface area contributed by atoms with Gasteiger partial charge in [0, 0.05) is 0 Å². The molecule has 0 aromatic rings. The first-order valence-corrected chi connectivity index (χ1v) is 2.75. The Labute approximate surface area is 92.3 Å². The van der Waals surface area contributed by atoms with Crippen LogP contribution in [0.4, 0.5) is 0 Å². The van der Waals surface area contributed by atoms with Crippen molar-refractivity contribution in [3.63, 3.8) is 0 Å². The molecule has 0 amide bonds. The minimum atomic E-state index is 0. The van der Waals surface area contributed by atoms with Crippen LogP contribution in [0.5, 0.6) is 0 Å². The Morgan fingerprint density at radius 2 is 1.11 bits per heavy atom. The quantitative estimate of drug-likeness (QED) is 0.302. The van der Waals surface area contributed by atoms with Crippen LogP contribution >= 0.6 is 0 Å². The Morgan fingerprint density at radius 3 is 1.11 bits per heavy atom. The van der Waals surface area contributed by atoms with E-state index in [4.69, 9.17) is 0 Å². The molecular weight excluding hydrogens is 235 g/mol. The Hall–Kier alpha value is 1.50. The largest absolute Gasteiger partial charge is 2.00 e. The molecule has 0 bridgehead atoms. The van der Waals surface area contributed by atoms with Crippen molar-refractivity contribution in [3.05, 3.63) is 5.92 Å². The molecule has 0 saturated carbocycles. The van der Waals surface area contributed by atoms with Gasteiger partial charge in [-0.15, -0.1) is 0 Å². The maximum Gasteiger partial charge on any atom is 2.00 e. The average Bonchev–Trinajstić information content (AvgIpc) is 1.31. The van der Waals surface area contributed by atoms with Gasteiger partial charge in [0.25, 0.3) is 0 Å². The molecule has 0 unspecified atom stereocenters. The minimum Gasteiger partial charge on any atom is -1.00 e. The molecule has 0 aliphatic carbocycles. The van der Waals surface area contributed by atoms with Gasteiger partial charge in [-0.05, 0) is 0 Å². The topological polar surface area (TPSA) is 0 Å². The van der Waals surface area contributed by atoms with Crippen LogP contribution in [-0.2, 0) is 0 Å². The molecule has 0 aromatic heterocycles. The summed E-state index contributed by atoms with van der Waals surface area (Å²) in [6, 6.07) is 0. The van der Waals surface area contributed by atoms with Crippen molar-refractivity contribution in [1.29, 1.82) is 0 Å².